The molecule has 2 bridgehead atoms. The van der Waals surface area contributed by atoms with Crippen LogP contribution in [0.3, 0.4) is 0 Å². The third-order valence-corrected chi connectivity index (χ3v) is 15.5. The van der Waals surface area contributed by atoms with Gasteiger partial charge in [0.05, 0.1) is 18.2 Å². The van der Waals surface area contributed by atoms with Crippen molar-refractivity contribution in [3.8, 4) is 16.9 Å². The Morgan fingerprint density at radius 2 is 1.43 bits per heavy atom. The lowest BCUT2D eigenvalue weighted by Crippen LogP contribution is -2.67. The van der Waals surface area contributed by atoms with Crippen LogP contribution < -0.4 is 10.1 Å². The number of fused-ring (bicyclic) bond motifs is 1. The molecule has 0 aliphatic heterocycles. The first kappa shape index (κ1) is 40.2. The van der Waals surface area contributed by atoms with Gasteiger partial charge in [0, 0.05) is 39.6 Å². The molecule has 0 aromatic heterocycles. The number of aliphatic hydroxyl groups excluding tert-OH is 1. The number of ketones is 1. The van der Waals surface area contributed by atoms with Crippen LogP contribution in [0.5, 0.6) is 5.75 Å². The molecule has 3 N–H and O–H groups in total. The minimum Gasteiger partial charge on any atom is -0.406 e. The number of benzene rings is 4. The molecule has 312 valence electrons. The van der Waals surface area contributed by atoms with Gasteiger partial charge in [-0.1, -0.05) is 117 Å². The summed E-state index contributed by atoms with van der Waals surface area (Å²) in [5.74, 6) is -0.489. The molecule has 4 aromatic rings. The number of carbonyl (C=O) groups is 2. The summed E-state index contributed by atoms with van der Waals surface area (Å²) in [7, 11) is 0. The van der Waals surface area contributed by atoms with Gasteiger partial charge in [-0.25, -0.2) is 4.79 Å². The van der Waals surface area contributed by atoms with E-state index in [2.05, 4.69) is 42.1 Å². The molecule has 4 aromatic carbocycles. The van der Waals surface area contributed by atoms with Crippen molar-refractivity contribution < 1.29 is 37.7 Å². The molecule has 7 nitrogen and oxygen atoms in total. The molecule has 3 saturated carbocycles. The Hall–Kier alpha value is -5.19. The minimum absolute atomic E-state index is 0.0184. The maximum atomic E-state index is 15.5. The molecule has 0 radical (unpaired) electrons. The highest BCUT2D eigenvalue weighted by Gasteiger charge is 2.74. The van der Waals surface area contributed by atoms with E-state index in [-0.39, 0.29) is 41.9 Å². The molecule has 0 saturated heterocycles. The molecule has 8 unspecified atom stereocenters. The molecule has 2 spiro atoms. The number of rotatable bonds is 9. The van der Waals surface area contributed by atoms with E-state index < -0.39 is 40.3 Å². The molecule has 6 aliphatic rings. The second-order valence-electron chi connectivity index (χ2n) is 18.4. The van der Waals surface area contributed by atoms with Crippen molar-refractivity contribution >= 4 is 17.5 Å². The number of anilines is 1. The van der Waals surface area contributed by atoms with Gasteiger partial charge in [-0.15, -0.1) is 13.2 Å². The molecular weight excluding hydrogens is 766 g/mol. The molecule has 0 heterocycles. The third-order valence-electron chi connectivity index (χ3n) is 15.5. The summed E-state index contributed by atoms with van der Waals surface area (Å²) in [6, 6.07) is 31.7. The van der Waals surface area contributed by atoms with Crippen LogP contribution in [0.25, 0.3) is 11.1 Å². The molecule has 10 rings (SSSR count). The summed E-state index contributed by atoms with van der Waals surface area (Å²) in [6.45, 7) is 4.46. The number of hydrogen-bond donors (Lipinski definition) is 3. The summed E-state index contributed by atoms with van der Waals surface area (Å²) in [5, 5.41) is 27.4. The standard InChI is InChI=1S/C50H51F3N2O5/c1-45-24-21-36(56)29-47(45)27-28-49(40(30-47)43(57)39-16-10-9-15-38(39)34-11-5-3-6-12-34)41(45)22-25-46(2)42(49)23-26-48(46,59)32-55(44(58)54-35-13-7-4-8-14-35)31-33-17-19-37(20-18-33)60-50(51,52)53/h3-20,27-28,30,36,41-42,56,59H,21-26,29,31-32H2,1-2H3,(H,54,58). The van der Waals surface area contributed by atoms with Gasteiger partial charge in [0.15, 0.2) is 5.78 Å². The first-order valence-corrected chi connectivity index (χ1v) is 21.1. The normalized spacial score (nSPS) is 32.6. The maximum Gasteiger partial charge on any atom is 0.573 e. The van der Waals surface area contributed by atoms with Crippen LogP contribution in [0.2, 0.25) is 0 Å². The number of Topliss-reactive ketones (excluding diaryl/α,β-unsaturated/α-hetero) is 1. The van der Waals surface area contributed by atoms with Crippen molar-refractivity contribution in [2.24, 2.45) is 33.5 Å². The number of urea groups is 1. The maximum absolute atomic E-state index is 15.5. The zero-order chi connectivity index (χ0) is 42.1. The highest BCUT2D eigenvalue weighted by Crippen LogP contribution is 2.78. The fourth-order valence-electron chi connectivity index (χ4n) is 12.5. The number of alkyl halides is 3. The Kier molecular flexibility index (Phi) is 9.71. The van der Waals surface area contributed by atoms with Crippen molar-refractivity contribution in [1.82, 2.24) is 4.90 Å². The van der Waals surface area contributed by atoms with E-state index in [9.17, 15) is 28.2 Å². The third kappa shape index (κ3) is 6.40. The van der Waals surface area contributed by atoms with Gasteiger partial charge in [-0.05, 0) is 103 Å². The second kappa shape index (κ2) is 14.5. The summed E-state index contributed by atoms with van der Waals surface area (Å²) in [4.78, 5) is 31.3. The van der Waals surface area contributed by atoms with E-state index in [1.54, 1.807) is 17.0 Å². The van der Waals surface area contributed by atoms with Gasteiger partial charge in [0.1, 0.15) is 5.75 Å². The average molecular weight is 817 g/mol. The van der Waals surface area contributed by atoms with E-state index in [0.29, 0.717) is 48.9 Å². The predicted molar refractivity (Wildman–Crippen MR) is 224 cm³/mol. The monoisotopic (exact) mass is 816 g/mol. The molecule has 2 amide bonds. The van der Waals surface area contributed by atoms with E-state index in [0.717, 1.165) is 29.5 Å². The lowest BCUT2D eigenvalue weighted by atomic mass is 9.32. The van der Waals surface area contributed by atoms with Crippen molar-refractivity contribution in [3.63, 3.8) is 0 Å². The van der Waals surface area contributed by atoms with Crippen LogP contribution in [-0.2, 0) is 6.54 Å². The van der Waals surface area contributed by atoms with E-state index >= 15 is 4.79 Å². The highest BCUT2D eigenvalue weighted by molar-refractivity contribution is 6.14. The quantitative estimate of drug-likeness (QED) is 0.115. The van der Waals surface area contributed by atoms with Gasteiger partial charge in [-0.2, -0.15) is 0 Å². The Balaban J connectivity index is 1.10. The number of halogens is 3. The Bertz CT molecular complexity index is 2350. The van der Waals surface area contributed by atoms with Crippen molar-refractivity contribution in [2.45, 2.75) is 83.4 Å². The minimum atomic E-state index is -4.84. The largest absolute Gasteiger partial charge is 0.573 e. The number of aliphatic hydroxyl groups is 2. The van der Waals surface area contributed by atoms with Gasteiger partial charge < -0.3 is 25.2 Å². The van der Waals surface area contributed by atoms with E-state index in [1.165, 1.54) is 24.3 Å². The SMILES string of the molecule is CC12CCC(O)CC13C=CC1(C(C(=O)c4ccccc4-c4ccccc4)=C3)C2CCC2(C)C1CCC2(O)CN(Cc1ccc(OC(F)(F)F)cc1)C(=O)Nc1ccccc1. The summed E-state index contributed by atoms with van der Waals surface area (Å²) in [6.07, 6.45) is 5.92. The number of hydrogen-bond acceptors (Lipinski definition) is 5. The van der Waals surface area contributed by atoms with Gasteiger partial charge in [0.2, 0.25) is 0 Å². The van der Waals surface area contributed by atoms with Crippen LogP contribution in [0.1, 0.15) is 74.7 Å². The summed E-state index contributed by atoms with van der Waals surface area (Å²) < 4.78 is 43.0. The van der Waals surface area contributed by atoms with Crippen molar-refractivity contribution in [3.05, 3.63) is 144 Å². The number of allylic oxidation sites excluding steroid dienone is 4. The number of para-hydroxylation sites is 1. The zero-order valence-corrected chi connectivity index (χ0v) is 33.9. The Morgan fingerprint density at radius 1 is 0.800 bits per heavy atom. The van der Waals surface area contributed by atoms with Crippen molar-refractivity contribution in [2.75, 3.05) is 11.9 Å². The van der Waals surface area contributed by atoms with E-state index in [4.69, 9.17) is 0 Å². The molecule has 8 atom stereocenters. The van der Waals surface area contributed by atoms with Crippen LogP contribution in [0, 0.1) is 33.5 Å². The summed E-state index contributed by atoms with van der Waals surface area (Å²) >= 11 is 0. The lowest BCUT2D eigenvalue weighted by molar-refractivity contribution is -0.274. The molecule has 3 fully saturated rings. The number of ether oxygens (including phenoxy) is 1. The van der Waals surface area contributed by atoms with Gasteiger partial charge >= 0.3 is 12.4 Å². The fourth-order valence-corrected chi connectivity index (χ4v) is 12.5. The number of amides is 2. The van der Waals surface area contributed by atoms with E-state index in [1.807, 2.05) is 72.8 Å². The summed E-state index contributed by atoms with van der Waals surface area (Å²) in [5.41, 5.74) is 0.716. The molecular formula is C50H51F3N2O5. The van der Waals surface area contributed by atoms with Gasteiger partial charge in [0.25, 0.3) is 0 Å². The number of carbonyl (C=O) groups excluding carboxylic acids is 2. The van der Waals surface area contributed by atoms with Gasteiger partial charge in [-0.3, -0.25) is 4.79 Å². The molecule has 60 heavy (non-hydrogen) atoms. The first-order valence-electron chi connectivity index (χ1n) is 21.1. The Morgan fingerprint density at radius 3 is 2.15 bits per heavy atom. The second-order valence-corrected chi connectivity index (χ2v) is 18.4. The average Bonchev–Trinajstić information content (AvgIpc) is 3.50. The van der Waals surface area contributed by atoms with Crippen LogP contribution in [-0.4, -0.2) is 51.5 Å². The zero-order valence-electron chi connectivity index (χ0n) is 33.9. The highest BCUT2D eigenvalue weighted by atomic mass is 19.4. The fraction of sp³-hybridized carbons (Fsp3) is 0.400. The Labute approximate surface area is 349 Å². The molecule has 6 aliphatic carbocycles. The first-order chi connectivity index (χ1) is 28.6. The smallest absolute Gasteiger partial charge is 0.406 e. The topological polar surface area (TPSA) is 99.1 Å². The molecule has 10 heteroatoms. The number of nitrogens with zero attached hydrogens (tertiary/aromatic N) is 1. The van der Waals surface area contributed by atoms with Crippen LogP contribution >= 0.6 is 0 Å². The number of nitrogens with one attached hydrogen (secondary N) is 1. The van der Waals surface area contributed by atoms with Crippen molar-refractivity contribution in [1.29, 1.82) is 0 Å². The predicted octanol–water partition coefficient (Wildman–Crippen LogP) is 10.8. The van der Waals surface area contributed by atoms with Crippen LogP contribution in [0.4, 0.5) is 23.7 Å². The lowest BCUT2D eigenvalue weighted by Gasteiger charge is -2.71. The van der Waals surface area contributed by atoms with Crippen LogP contribution in [0.15, 0.2) is 133 Å².